The average Bonchev–Trinajstić information content (AvgIpc) is 3.56. The van der Waals surface area contributed by atoms with E-state index >= 15 is 0 Å². The first-order valence-electron chi connectivity index (χ1n) is 10.6. The minimum atomic E-state index is -0.218. The van der Waals surface area contributed by atoms with Crippen LogP contribution in [0.25, 0.3) is 22.4 Å². The lowest BCUT2D eigenvalue weighted by Crippen LogP contribution is -2.23. The number of amides is 2. The second kappa shape index (κ2) is 8.26. The van der Waals surface area contributed by atoms with E-state index in [9.17, 15) is 9.59 Å². The molecule has 7 heteroatoms. The average molecular weight is 426 g/mol. The number of benzene rings is 2. The molecule has 2 aromatic heterocycles. The number of nitrogens with zero attached hydrogens (tertiary/aromatic N) is 2. The van der Waals surface area contributed by atoms with E-state index in [2.05, 4.69) is 20.8 Å². The largest absolute Gasteiger partial charge is 0.348 e. The van der Waals surface area contributed by atoms with Crippen molar-refractivity contribution in [3.63, 3.8) is 0 Å². The lowest BCUT2D eigenvalue weighted by molar-refractivity contribution is -0.114. The number of anilines is 1. The molecule has 0 unspecified atom stereocenters. The van der Waals surface area contributed by atoms with Crippen molar-refractivity contribution in [3.8, 4) is 11.3 Å². The summed E-state index contributed by atoms with van der Waals surface area (Å²) < 4.78 is 5.55. The number of fused-ring (bicyclic) bond motifs is 1. The van der Waals surface area contributed by atoms with Gasteiger partial charge in [-0.25, -0.2) is 4.98 Å². The van der Waals surface area contributed by atoms with Gasteiger partial charge >= 0.3 is 0 Å². The van der Waals surface area contributed by atoms with Gasteiger partial charge in [-0.3, -0.25) is 9.59 Å². The highest BCUT2D eigenvalue weighted by Gasteiger charge is 2.29. The third kappa shape index (κ3) is 4.09. The summed E-state index contributed by atoms with van der Waals surface area (Å²) in [6.45, 7) is 1.78. The Hall–Kier alpha value is -4.00. The van der Waals surface area contributed by atoms with E-state index in [1.807, 2.05) is 60.7 Å². The van der Waals surface area contributed by atoms with Crippen molar-refractivity contribution in [2.45, 2.75) is 32.2 Å². The highest BCUT2D eigenvalue weighted by Crippen LogP contribution is 2.41. The van der Waals surface area contributed by atoms with E-state index in [4.69, 9.17) is 4.52 Å². The summed E-state index contributed by atoms with van der Waals surface area (Å²) in [6, 6.07) is 18.9. The fraction of sp³-hybridized carbons (Fsp3) is 0.200. The fourth-order valence-corrected chi connectivity index (χ4v) is 3.77. The van der Waals surface area contributed by atoms with E-state index in [-0.39, 0.29) is 11.8 Å². The number of hydrogen-bond donors (Lipinski definition) is 2. The van der Waals surface area contributed by atoms with Gasteiger partial charge in [0.25, 0.3) is 11.6 Å². The maximum absolute atomic E-state index is 13.3. The van der Waals surface area contributed by atoms with Crippen LogP contribution >= 0.6 is 0 Å². The van der Waals surface area contributed by atoms with E-state index < -0.39 is 0 Å². The molecule has 160 valence electrons. The maximum atomic E-state index is 13.3. The summed E-state index contributed by atoms with van der Waals surface area (Å²) >= 11 is 0. The maximum Gasteiger partial charge on any atom is 0.259 e. The van der Waals surface area contributed by atoms with Gasteiger partial charge in [0.05, 0.1) is 10.9 Å². The lowest BCUT2D eigenvalue weighted by atomic mass is 10.0. The smallest absolute Gasteiger partial charge is 0.259 e. The summed E-state index contributed by atoms with van der Waals surface area (Å²) in [4.78, 5) is 29.2. The third-order valence-electron chi connectivity index (χ3n) is 5.45. The molecule has 1 aliphatic carbocycles. The standard InChI is InChI=1S/C25H22N4O3/c1-15(30)27-19-9-5-6-16(12-19)14-26-24(31)20-13-21(17-10-11-17)28-25-22(20)23(29-32-25)18-7-3-2-4-8-18/h2-9,12-13,17H,10-11,14H2,1H3,(H,26,31)(H,27,30). The number of pyridine rings is 1. The Bertz CT molecular complexity index is 1310. The highest BCUT2D eigenvalue weighted by molar-refractivity contribution is 6.09. The predicted octanol–water partition coefficient (Wildman–Crippen LogP) is 4.66. The summed E-state index contributed by atoms with van der Waals surface area (Å²) in [5, 5.41) is 10.6. The summed E-state index contributed by atoms with van der Waals surface area (Å²) in [5.74, 6) is 0.00837. The second-order valence-electron chi connectivity index (χ2n) is 8.01. The molecule has 0 aliphatic heterocycles. The Balaban J connectivity index is 1.47. The molecule has 2 amide bonds. The van der Waals surface area contributed by atoms with E-state index in [1.165, 1.54) is 6.92 Å². The Labute approximate surface area is 184 Å². The number of carbonyl (C=O) groups excluding carboxylic acids is 2. The molecule has 0 saturated heterocycles. The van der Waals surface area contributed by atoms with E-state index in [0.29, 0.717) is 40.5 Å². The molecule has 0 atom stereocenters. The topological polar surface area (TPSA) is 97.1 Å². The molecule has 1 fully saturated rings. The molecule has 0 bridgehead atoms. The fourth-order valence-electron chi connectivity index (χ4n) is 3.77. The second-order valence-corrected chi connectivity index (χ2v) is 8.01. The van der Waals surface area contributed by atoms with Crippen molar-refractivity contribution >= 4 is 28.6 Å². The number of rotatable bonds is 6. The number of carbonyl (C=O) groups is 2. The van der Waals surface area contributed by atoms with Gasteiger partial charge in [0.1, 0.15) is 5.69 Å². The molecule has 4 aromatic rings. The molecule has 2 heterocycles. The van der Waals surface area contributed by atoms with Crippen molar-refractivity contribution < 1.29 is 14.1 Å². The number of aromatic nitrogens is 2. The van der Waals surface area contributed by atoms with Crippen LogP contribution in [0.2, 0.25) is 0 Å². The molecule has 1 saturated carbocycles. The van der Waals surface area contributed by atoms with Crippen LogP contribution in [0.1, 0.15) is 47.3 Å². The molecular formula is C25H22N4O3. The van der Waals surface area contributed by atoms with E-state index in [1.54, 1.807) is 0 Å². The van der Waals surface area contributed by atoms with Crippen molar-refractivity contribution in [1.82, 2.24) is 15.5 Å². The molecule has 0 spiro atoms. The van der Waals surface area contributed by atoms with Crippen molar-refractivity contribution in [2.24, 2.45) is 0 Å². The van der Waals surface area contributed by atoms with Crippen LogP contribution in [-0.2, 0) is 11.3 Å². The van der Waals surface area contributed by atoms with Crippen molar-refractivity contribution in [3.05, 3.63) is 77.5 Å². The zero-order chi connectivity index (χ0) is 22.1. The minimum Gasteiger partial charge on any atom is -0.348 e. The van der Waals surface area contributed by atoms with Gasteiger partial charge < -0.3 is 15.2 Å². The number of nitrogens with one attached hydrogen (secondary N) is 2. The van der Waals surface area contributed by atoms with Crippen LogP contribution in [0.5, 0.6) is 0 Å². The molecule has 5 rings (SSSR count). The van der Waals surface area contributed by atoms with Gasteiger partial charge in [0.15, 0.2) is 0 Å². The van der Waals surface area contributed by atoms with E-state index in [0.717, 1.165) is 29.7 Å². The zero-order valence-electron chi connectivity index (χ0n) is 17.6. The Morgan fingerprint density at radius 1 is 1.06 bits per heavy atom. The monoisotopic (exact) mass is 426 g/mol. The van der Waals surface area contributed by atoms with Crippen molar-refractivity contribution in [1.29, 1.82) is 0 Å². The van der Waals surface area contributed by atoms with Gasteiger partial charge in [0, 0.05) is 36.3 Å². The Kier molecular flexibility index (Phi) is 5.15. The predicted molar refractivity (Wildman–Crippen MR) is 121 cm³/mol. The first kappa shape index (κ1) is 19.9. The third-order valence-corrected chi connectivity index (χ3v) is 5.45. The first-order valence-corrected chi connectivity index (χ1v) is 10.6. The molecule has 1 aliphatic rings. The Morgan fingerprint density at radius 3 is 2.62 bits per heavy atom. The van der Waals surface area contributed by atoms with Crippen LogP contribution in [-0.4, -0.2) is 22.0 Å². The zero-order valence-corrected chi connectivity index (χ0v) is 17.6. The van der Waals surface area contributed by atoms with Gasteiger partial charge in [-0.05, 0) is 36.6 Å². The van der Waals surface area contributed by atoms with Gasteiger partial charge in [-0.2, -0.15) is 0 Å². The van der Waals surface area contributed by atoms with Crippen LogP contribution in [0.3, 0.4) is 0 Å². The molecule has 2 N–H and O–H groups in total. The summed E-state index contributed by atoms with van der Waals surface area (Å²) in [5.41, 5.74) is 4.80. The molecule has 0 radical (unpaired) electrons. The molecule has 32 heavy (non-hydrogen) atoms. The summed E-state index contributed by atoms with van der Waals surface area (Å²) in [7, 11) is 0. The number of hydrogen-bond acceptors (Lipinski definition) is 5. The van der Waals surface area contributed by atoms with Crippen LogP contribution in [0, 0.1) is 0 Å². The minimum absolute atomic E-state index is 0.140. The van der Waals surface area contributed by atoms with Gasteiger partial charge in [-0.15, -0.1) is 0 Å². The van der Waals surface area contributed by atoms with Gasteiger partial charge in [0.2, 0.25) is 5.91 Å². The summed E-state index contributed by atoms with van der Waals surface area (Å²) in [6.07, 6.45) is 2.13. The van der Waals surface area contributed by atoms with Crippen LogP contribution < -0.4 is 10.6 Å². The Morgan fingerprint density at radius 2 is 1.88 bits per heavy atom. The van der Waals surface area contributed by atoms with Gasteiger partial charge in [-0.1, -0.05) is 47.6 Å². The quantitative estimate of drug-likeness (QED) is 0.468. The first-order chi connectivity index (χ1) is 15.6. The molecular weight excluding hydrogens is 404 g/mol. The molecule has 2 aromatic carbocycles. The lowest BCUT2D eigenvalue weighted by Gasteiger charge is -2.10. The van der Waals surface area contributed by atoms with Crippen LogP contribution in [0.15, 0.2) is 65.2 Å². The van der Waals surface area contributed by atoms with Crippen LogP contribution in [0.4, 0.5) is 5.69 Å². The molecule has 7 nitrogen and oxygen atoms in total. The SMILES string of the molecule is CC(=O)Nc1cccc(CNC(=O)c2cc(C3CC3)nc3onc(-c4ccccc4)c23)c1. The normalized spacial score (nSPS) is 13.2. The highest BCUT2D eigenvalue weighted by atomic mass is 16.5. The van der Waals surface area contributed by atoms with Crippen molar-refractivity contribution in [2.75, 3.05) is 5.32 Å².